The molecular formula is C22H23N5O2. The predicted octanol–water partition coefficient (Wildman–Crippen LogP) is 4.28. The number of nitrogens with one attached hydrogen (secondary N) is 1. The Balaban J connectivity index is 1.57. The number of hydrogen-bond donors (Lipinski definition) is 1. The van der Waals surface area contributed by atoms with Crippen molar-refractivity contribution in [2.45, 2.75) is 32.2 Å². The van der Waals surface area contributed by atoms with Crippen LogP contribution in [0.25, 0.3) is 6.08 Å². The van der Waals surface area contributed by atoms with Crippen molar-refractivity contribution in [2.75, 3.05) is 11.9 Å². The summed E-state index contributed by atoms with van der Waals surface area (Å²) in [5.74, 6) is 2.64. The average Bonchev–Trinajstić information content (AvgIpc) is 3.26. The molecule has 1 N–H and O–H groups in total. The molecule has 1 aliphatic heterocycles. The second-order valence-corrected chi connectivity index (χ2v) is 6.98. The van der Waals surface area contributed by atoms with Crippen LogP contribution in [0.5, 0.6) is 0 Å². The van der Waals surface area contributed by atoms with E-state index in [1.807, 2.05) is 42.2 Å². The molecule has 0 aromatic carbocycles. The van der Waals surface area contributed by atoms with Gasteiger partial charge in [-0.25, -0.2) is 15.0 Å². The van der Waals surface area contributed by atoms with Crippen molar-refractivity contribution in [3.63, 3.8) is 0 Å². The van der Waals surface area contributed by atoms with Gasteiger partial charge in [0.05, 0.1) is 12.3 Å². The SMILES string of the molecule is Cc1cc(Nc2ccccn2)nc(C2CCCCN2C(=O)C=Cc2ccco2)n1. The number of pyridine rings is 1. The van der Waals surface area contributed by atoms with Crippen LogP contribution in [0.2, 0.25) is 0 Å². The molecule has 1 aliphatic rings. The van der Waals surface area contributed by atoms with E-state index in [0.29, 0.717) is 23.9 Å². The van der Waals surface area contributed by atoms with E-state index >= 15 is 0 Å². The van der Waals surface area contributed by atoms with Gasteiger partial charge in [-0.15, -0.1) is 0 Å². The topological polar surface area (TPSA) is 84.2 Å². The number of anilines is 2. The van der Waals surface area contributed by atoms with Crippen molar-refractivity contribution in [1.29, 1.82) is 0 Å². The molecule has 4 heterocycles. The van der Waals surface area contributed by atoms with Crippen molar-refractivity contribution >= 4 is 23.6 Å². The summed E-state index contributed by atoms with van der Waals surface area (Å²) >= 11 is 0. The average molecular weight is 389 g/mol. The number of likely N-dealkylation sites (tertiary alicyclic amines) is 1. The molecule has 1 fully saturated rings. The number of aryl methyl sites for hydroxylation is 1. The summed E-state index contributed by atoms with van der Waals surface area (Å²) in [5, 5.41) is 3.22. The Bertz CT molecular complexity index is 986. The quantitative estimate of drug-likeness (QED) is 0.656. The number of nitrogens with zero attached hydrogens (tertiary/aromatic N) is 4. The van der Waals surface area contributed by atoms with Crippen molar-refractivity contribution in [3.8, 4) is 0 Å². The summed E-state index contributed by atoms with van der Waals surface area (Å²) in [6.45, 7) is 2.62. The number of hydrogen-bond acceptors (Lipinski definition) is 6. The van der Waals surface area contributed by atoms with Crippen LogP contribution in [0, 0.1) is 6.92 Å². The third kappa shape index (κ3) is 4.68. The minimum atomic E-state index is -0.151. The van der Waals surface area contributed by atoms with Crippen molar-refractivity contribution < 1.29 is 9.21 Å². The lowest BCUT2D eigenvalue weighted by Crippen LogP contribution is -2.38. The number of aromatic nitrogens is 3. The van der Waals surface area contributed by atoms with Gasteiger partial charge in [-0.1, -0.05) is 6.07 Å². The maximum absolute atomic E-state index is 12.9. The van der Waals surface area contributed by atoms with Gasteiger partial charge in [0, 0.05) is 30.6 Å². The maximum Gasteiger partial charge on any atom is 0.247 e. The summed E-state index contributed by atoms with van der Waals surface area (Å²) < 4.78 is 5.27. The van der Waals surface area contributed by atoms with Crippen LogP contribution in [0.15, 0.2) is 59.4 Å². The van der Waals surface area contributed by atoms with Gasteiger partial charge in [-0.3, -0.25) is 4.79 Å². The first kappa shape index (κ1) is 18.9. The highest BCUT2D eigenvalue weighted by atomic mass is 16.3. The number of carbonyl (C=O) groups is 1. The number of piperidine rings is 1. The molecule has 4 rings (SSSR count). The summed E-state index contributed by atoms with van der Waals surface area (Å²) in [5.41, 5.74) is 0.845. The fourth-order valence-electron chi connectivity index (χ4n) is 3.47. The van der Waals surface area contributed by atoms with E-state index in [0.717, 1.165) is 30.8 Å². The highest BCUT2D eigenvalue weighted by Crippen LogP contribution is 2.30. The van der Waals surface area contributed by atoms with Gasteiger partial charge < -0.3 is 14.6 Å². The Morgan fingerprint density at radius 3 is 2.93 bits per heavy atom. The fourth-order valence-corrected chi connectivity index (χ4v) is 3.47. The highest BCUT2D eigenvalue weighted by Gasteiger charge is 2.29. The minimum Gasteiger partial charge on any atom is -0.465 e. The van der Waals surface area contributed by atoms with E-state index in [1.165, 1.54) is 0 Å². The first-order valence-corrected chi connectivity index (χ1v) is 9.75. The standard InChI is InChI=1S/C22H23N5O2/c1-16-15-20(25-19-9-2-4-12-23-19)26-22(24-16)18-8-3-5-13-27(18)21(28)11-10-17-7-6-14-29-17/h2,4,6-7,9-12,14-15,18H,3,5,8,13H2,1H3,(H,23,24,25,26). The summed E-state index contributed by atoms with van der Waals surface area (Å²) in [6.07, 6.45) is 9.42. The Hall–Kier alpha value is -3.48. The van der Waals surface area contributed by atoms with Crippen LogP contribution in [0.1, 0.15) is 42.6 Å². The molecule has 7 heteroatoms. The Labute approximate surface area is 169 Å². The van der Waals surface area contributed by atoms with E-state index in [-0.39, 0.29) is 11.9 Å². The molecule has 0 saturated carbocycles. The Morgan fingerprint density at radius 2 is 2.14 bits per heavy atom. The van der Waals surface area contributed by atoms with Gasteiger partial charge in [0.1, 0.15) is 17.4 Å². The number of amides is 1. The molecule has 0 aliphatic carbocycles. The summed E-state index contributed by atoms with van der Waals surface area (Å²) in [6, 6.07) is 11.0. The molecule has 1 saturated heterocycles. The molecule has 29 heavy (non-hydrogen) atoms. The molecule has 0 radical (unpaired) electrons. The highest BCUT2D eigenvalue weighted by molar-refractivity contribution is 5.91. The van der Waals surface area contributed by atoms with Crippen LogP contribution >= 0.6 is 0 Å². The zero-order valence-electron chi connectivity index (χ0n) is 16.3. The molecule has 148 valence electrons. The lowest BCUT2D eigenvalue weighted by Gasteiger charge is -2.34. The van der Waals surface area contributed by atoms with Gasteiger partial charge in [0.15, 0.2) is 5.82 Å². The lowest BCUT2D eigenvalue weighted by atomic mass is 10.0. The van der Waals surface area contributed by atoms with Gasteiger partial charge in [-0.05, 0) is 56.5 Å². The third-order valence-corrected chi connectivity index (χ3v) is 4.81. The Kier molecular flexibility index (Phi) is 5.65. The van der Waals surface area contributed by atoms with Gasteiger partial charge >= 0.3 is 0 Å². The second-order valence-electron chi connectivity index (χ2n) is 6.98. The van der Waals surface area contributed by atoms with Gasteiger partial charge in [-0.2, -0.15) is 0 Å². The summed E-state index contributed by atoms with van der Waals surface area (Å²) in [4.78, 5) is 28.3. The van der Waals surface area contributed by atoms with E-state index in [9.17, 15) is 4.79 Å². The zero-order valence-corrected chi connectivity index (χ0v) is 16.3. The lowest BCUT2D eigenvalue weighted by molar-refractivity contribution is -0.129. The van der Waals surface area contributed by atoms with E-state index in [2.05, 4.69) is 15.3 Å². The molecule has 7 nitrogen and oxygen atoms in total. The third-order valence-electron chi connectivity index (χ3n) is 4.81. The number of rotatable bonds is 5. The van der Waals surface area contributed by atoms with Gasteiger partial charge in [0.2, 0.25) is 5.91 Å². The molecule has 1 unspecified atom stereocenters. The molecular weight excluding hydrogens is 366 g/mol. The number of furan rings is 1. The largest absolute Gasteiger partial charge is 0.465 e. The Morgan fingerprint density at radius 1 is 1.21 bits per heavy atom. The molecule has 0 bridgehead atoms. The fraction of sp³-hybridized carbons (Fsp3) is 0.273. The van der Waals surface area contributed by atoms with Crippen molar-refractivity contribution in [3.05, 3.63) is 72.2 Å². The van der Waals surface area contributed by atoms with Crippen LogP contribution in [-0.4, -0.2) is 32.3 Å². The smallest absolute Gasteiger partial charge is 0.247 e. The zero-order chi connectivity index (χ0) is 20.1. The molecule has 1 atom stereocenters. The number of carbonyl (C=O) groups excluding carboxylic acids is 1. The van der Waals surface area contributed by atoms with Gasteiger partial charge in [0.25, 0.3) is 0 Å². The van der Waals surface area contributed by atoms with Crippen LogP contribution < -0.4 is 5.32 Å². The first-order valence-electron chi connectivity index (χ1n) is 9.75. The van der Waals surface area contributed by atoms with Crippen LogP contribution in [0.3, 0.4) is 0 Å². The minimum absolute atomic E-state index is 0.0598. The second kappa shape index (κ2) is 8.68. The predicted molar refractivity (Wildman–Crippen MR) is 110 cm³/mol. The van der Waals surface area contributed by atoms with Crippen LogP contribution in [-0.2, 0) is 4.79 Å². The van der Waals surface area contributed by atoms with E-state index < -0.39 is 0 Å². The molecule has 0 spiro atoms. The first-order chi connectivity index (χ1) is 14.2. The molecule has 3 aromatic heterocycles. The van der Waals surface area contributed by atoms with E-state index in [1.54, 1.807) is 30.7 Å². The summed E-state index contributed by atoms with van der Waals surface area (Å²) in [7, 11) is 0. The molecule has 3 aromatic rings. The van der Waals surface area contributed by atoms with E-state index in [4.69, 9.17) is 9.40 Å². The van der Waals surface area contributed by atoms with Crippen molar-refractivity contribution in [2.24, 2.45) is 0 Å². The molecule has 1 amide bonds. The maximum atomic E-state index is 12.9. The monoisotopic (exact) mass is 389 g/mol. The van der Waals surface area contributed by atoms with Crippen LogP contribution in [0.4, 0.5) is 11.6 Å². The normalized spacial score (nSPS) is 16.9. The van der Waals surface area contributed by atoms with Crippen molar-refractivity contribution in [1.82, 2.24) is 19.9 Å².